The zero-order valence-corrected chi connectivity index (χ0v) is 12.8. The first kappa shape index (κ1) is 15.4. The Labute approximate surface area is 137 Å². The number of ether oxygens (including phenoxy) is 1. The molecule has 3 rings (SSSR count). The number of fused-ring (bicyclic) bond motifs is 1. The van der Waals surface area contributed by atoms with Crippen LogP contribution in [0.15, 0.2) is 59.8 Å². The number of nitrogens with one attached hydrogen (secondary N) is 1. The lowest BCUT2D eigenvalue weighted by atomic mass is 10.0. The van der Waals surface area contributed by atoms with Crippen LogP contribution in [-0.4, -0.2) is 23.2 Å². The smallest absolute Gasteiger partial charge is 0.287 e. The van der Waals surface area contributed by atoms with Gasteiger partial charge in [0.05, 0.1) is 18.2 Å². The fraction of sp³-hybridized carbons (Fsp3) is 0.0588. The molecule has 3 aromatic rings. The quantitative estimate of drug-likeness (QED) is 0.440. The van der Waals surface area contributed by atoms with Crippen LogP contribution in [0.2, 0.25) is 0 Å². The average Bonchev–Trinajstić information content (AvgIpc) is 2.62. The first-order valence-electron chi connectivity index (χ1n) is 7.14. The van der Waals surface area contributed by atoms with E-state index in [9.17, 15) is 10.1 Å². The van der Waals surface area contributed by atoms with Crippen molar-refractivity contribution in [3.63, 3.8) is 0 Å². The minimum Gasteiger partial charge on any atom is -0.496 e. The zero-order valence-electron chi connectivity index (χ0n) is 12.8. The Kier molecular flexibility index (Phi) is 4.33. The van der Waals surface area contributed by atoms with E-state index >= 15 is 0 Å². The van der Waals surface area contributed by atoms with Crippen LogP contribution in [0.5, 0.6) is 5.75 Å². The summed E-state index contributed by atoms with van der Waals surface area (Å²) in [5.74, 6) is 1.12. The molecule has 7 nitrogen and oxygen atoms in total. The number of rotatable bonds is 5. The van der Waals surface area contributed by atoms with Crippen LogP contribution in [0.4, 0.5) is 11.5 Å². The van der Waals surface area contributed by atoms with Crippen LogP contribution < -0.4 is 10.2 Å². The number of hydrogen-bond acceptors (Lipinski definition) is 6. The number of aromatic nitrogens is 1. The van der Waals surface area contributed by atoms with E-state index in [2.05, 4.69) is 15.5 Å². The number of hydrazone groups is 1. The molecule has 0 amide bonds. The Morgan fingerprint density at radius 1 is 1.21 bits per heavy atom. The molecule has 0 aliphatic carbocycles. The molecular weight excluding hydrogens is 308 g/mol. The summed E-state index contributed by atoms with van der Waals surface area (Å²) in [6.07, 6.45) is 2.82. The molecular formula is C17H14N4O3. The first-order chi connectivity index (χ1) is 11.7. The van der Waals surface area contributed by atoms with Gasteiger partial charge in [0.25, 0.3) is 5.69 Å². The summed E-state index contributed by atoms with van der Waals surface area (Å²) in [6, 6.07) is 14.6. The summed E-state index contributed by atoms with van der Waals surface area (Å²) >= 11 is 0. The normalized spacial score (nSPS) is 10.9. The summed E-state index contributed by atoms with van der Waals surface area (Å²) in [4.78, 5) is 14.0. The van der Waals surface area contributed by atoms with E-state index < -0.39 is 4.92 Å². The number of benzene rings is 2. The van der Waals surface area contributed by atoms with Crippen molar-refractivity contribution in [3.05, 3.63) is 70.4 Å². The Bertz CT molecular complexity index is 907. The van der Waals surface area contributed by atoms with Crippen molar-refractivity contribution < 1.29 is 9.66 Å². The van der Waals surface area contributed by atoms with E-state index in [1.165, 1.54) is 18.3 Å². The monoisotopic (exact) mass is 322 g/mol. The molecule has 0 unspecified atom stereocenters. The SMILES string of the molecule is COc1ccc2ccccc2c1C=NNc1ccc([N+](=O)[O-])cn1. The van der Waals surface area contributed by atoms with Crippen molar-refractivity contribution in [2.45, 2.75) is 0 Å². The minimum absolute atomic E-state index is 0.0692. The van der Waals surface area contributed by atoms with Gasteiger partial charge in [-0.05, 0) is 22.9 Å². The van der Waals surface area contributed by atoms with E-state index in [1.807, 2.05) is 36.4 Å². The molecule has 1 aromatic heterocycles. The van der Waals surface area contributed by atoms with Crippen LogP contribution in [0, 0.1) is 10.1 Å². The predicted molar refractivity (Wildman–Crippen MR) is 92.6 cm³/mol. The van der Waals surface area contributed by atoms with Crippen molar-refractivity contribution >= 4 is 28.5 Å². The number of nitrogens with zero attached hydrogens (tertiary/aromatic N) is 3. The zero-order chi connectivity index (χ0) is 16.9. The molecule has 7 heteroatoms. The molecule has 0 fully saturated rings. The van der Waals surface area contributed by atoms with Crippen LogP contribution >= 0.6 is 0 Å². The molecule has 0 atom stereocenters. The molecule has 0 bridgehead atoms. The topological polar surface area (TPSA) is 89.6 Å². The van der Waals surface area contributed by atoms with Crippen molar-refractivity contribution in [3.8, 4) is 5.75 Å². The van der Waals surface area contributed by atoms with Crippen molar-refractivity contribution in [1.29, 1.82) is 0 Å². The van der Waals surface area contributed by atoms with E-state index in [1.54, 1.807) is 13.3 Å². The molecule has 1 heterocycles. The van der Waals surface area contributed by atoms with Crippen LogP contribution in [0.25, 0.3) is 10.8 Å². The summed E-state index contributed by atoms with van der Waals surface area (Å²) in [5.41, 5.74) is 3.52. The molecule has 0 spiro atoms. The van der Waals surface area contributed by atoms with Gasteiger partial charge >= 0.3 is 0 Å². The largest absolute Gasteiger partial charge is 0.496 e. The standard InChI is InChI=1S/C17H14N4O3/c1-24-16-8-6-12-4-2-3-5-14(12)15(16)11-19-20-17-9-7-13(10-18-17)21(22)23/h2-11H,1H3,(H,18,20). The molecule has 0 saturated carbocycles. The summed E-state index contributed by atoms with van der Waals surface area (Å²) in [7, 11) is 1.60. The molecule has 2 aromatic carbocycles. The summed E-state index contributed by atoms with van der Waals surface area (Å²) in [5, 5.41) is 16.9. The van der Waals surface area contributed by atoms with E-state index in [0.29, 0.717) is 11.6 Å². The number of nitro groups is 1. The highest BCUT2D eigenvalue weighted by Gasteiger charge is 2.06. The number of pyridine rings is 1. The fourth-order valence-corrected chi connectivity index (χ4v) is 2.31. The average molecular weight is 322 g/mol. The molecule has 24 heavy (non-hydrogen) atoms. The number of anilines is 1. The second-order valence-corrected chi connectivity index (χ2v) is 4.93. The predicted octanol–water partition coefficient (Wildman–Crippen LogP) is 3.60. The van der Waals surface area contributed by atoms with Gasteiger partial charge in [-0.15, -0.1) is 0 Å². The number of hydrogen-bond donors (Lipinski definition) is 1. The third kappa shape index (κ3) is 3.14. The van der Waals surface area contributed by atoms with Gasteiger partial charge < -0.3 is 4.74 Å². The molecule has 0 aliphatic heterocycles. The van der Waals surface area contributed by atoms with E-state index in [4.69, 9.17) is 4.74 Å². The van der Waals surface area contributed by atoms with Gasteiger partial charge in [0.15, 0.2) is 0 Å². The third-order valence-corrected chi connectivity index (χ3v) is 3.48. The van der Waals surface area contributed by atoms with Crippen LogP contribution in [-0.2, 0) is 0 Å². The molecule has 0 aliphatic rings. The van der Waals surface area contributed by atoms with E-state index in [0.717, 1.165) is 16.3 Å². The van der Waals surface area contributed by atoms with Gasteiger partial charge in [-0.1, -0.05) is 30.3 Å². The highest BCUT2D eigenvalue weighted by atomic mass is 16.6. The maximum absolute atomic E-state index is 10.6. The molecule has 1 N–H and O–H groups in total. The second-order valence-electron chi connectivity index (χ2n) is 4.93. The lowest BCUT2D eigenvalue weighted by Crippen LogP contribution is -1.97. The molecule has 0 radical (unpaired) electrons. The maximum atomic E-state index is 10.6. The highest BCUT2D eigenvalue weighted by Crippen LogP contribution is 2.26. The highest BCUT2D eigenvalue weighted by molar-refractivity contribution is 6.02. The van der Waals surface area contributed by atoms with Gasteiger partial charge in [-0.2, -0.15) is 5.10 Å². The summed E-state index contributed by atoms with van der Waals surface area (Å²) in [6.45, 7) is 0. The van der Waals surface area contributed by atoms with Crippen LogP contribution in [0.1, 0.15) is 5.56 Å². The molecule has 0 saturated heterocycles. The minimum atomic E-state index is -0.499. The Balaban J connectivity index is 1.86. The fourth-order valence-electron chi connectivity index (χ4n) is 2.31. The lowest BCUT2D eigenvalue weighted by molar-refractivity contribution is -0.385. The van der Waals surface area contributed by atoms with Gasteiger partial charge in [-0.3, -0.25) is 15.5 Å². The van der Waals surface area contributed by atoms with Crippen molar-refractivity contribution in [1.82, 2.24) is 4.98 Å². The van der Waals surface area contributed by atoms with Crippen molar-refractivity contribution in [2.75, 3.05) is 12.5 Å². The van der Waals surface area contributed by atoms with Gasteiger partial charge in [0.2, 0.25) is 0 Å². The first-order valence-corrected chi connectivity index (χ1v) is 7.14. The lowest BCUT2D eigenvalue weighted by Gasteiger charge is -2.08. The summed E-state index contributed by atoms with van der Waals surface area (Å²) < 4.78 is 5.39. The van der Waals surface area contributed by atoms with Gasteiger partial charge in [0, 0.05) is 11.6 Å². The number of methoxy groups -OCH3 is 1. The molecule has 120 valence electrons. The van der Waals surface area contributed by atoms with Crippen molar-refractivity contribution in [2.24, 2.45) is 5.10 Å². The second kappa shape index (κ2) is 6.74. The Hall–Kier alpha value is -3.48. The third-order valence-electron chi connectivity index (χ3n) is 3.48. The van der Waals surface area contributed by atoms with Crippen LogP contribution in [0.3, 0.4) is 0 Å². The Morgan fingerprint density at radius 3 is 2.75 bits per heavy atom. The van der Waals surface area contributed by atoms with Gasteiger partial charge in [0.1, 0.15) is 17.8 Å². The maximum Gasteiger partial charge on any atom is 0.287 e. The Morgan fingerprint density at radius 2 is 2.04 bits per heavy atom. The van der Waals surface area contributed by atoms with Gasteiger partial charge in [-0.25, -0.2) is 4.98 Å². The van der Waals surface area contributed by atoms with E-state index in [-0.39, 0.29) is 5.69 Å².